The summed E-state index contributed by atoms with van der Waals surface area (Å²) in [5.41, 5.74) is 0.847. The van der Waals surface area contributed by atoms with Crippen molar-refractivity contribution in [2.45, 2.75) is 25.0 Å². The maximum Gasteiger partial charge on any atom is 0.343 e. The third-order valence-electron chi connectivity index (χ3n) is 4.12. The number of carbonyl (C=O) groups excluding carboxylic acids is 2. The molecule has 3 rings (SSSR count). The summed E-state index contributed by atoms with van der Waals surface area (Å²) in [5, 5.41) is 2.89. The van der Waals surface area contributed by atoms with Gasteiger partial charge in [0.2, 0.25) is 6.10 Å². The molecule has 1 fully saturated rings. The Kier molecular flexibility index (Phi) is 5.41. The molecule has 6 heteroatoms. The van der Waals surface area contributed by atoms with Gasteiger partial charge in [-0.3, -0.25) is 4.79 Å². The van der Waals surface area contributed by atoms with Crippen molar-refractivity contribution in [1.29, 1.82) is 0 Å². The Morgan fingerprint density at radius 3 is 2.38 bits per heavy atom. The van der Waals surface area contributed by atoms with Crippen LogP contribution >= 0.6 is 0 Å². The standard InChI is InChI=1S/C20H21NO5/c1-24-15-10-11-16(17(12-15)25-2)20(23)26-18(13-6-4-3-5-7-13)19(22)21-14-8-9-14/h3-7,10-12,14,18H,8-9H2,1-2H3,(H,21,22). The van der Waals surface area contributed by atoms with E-state index in [0.29, 0.717) is 17.1 Å². The van der Waals surface area contributed by atoms with Crippen molar-refractivity contribution < 1.29 is 23.8 Å². The Morgan fingerprint density at radius 2 is 1.77 bits per heavy atom. The van der Waals surface area contributed by atoms with Gasteiger partial charge in [-0.2, -0.15) is 0 Å². The molecule has 1 aliphatic rings. The number of ether oxygens (including phenoxy) is 3. The largest absolute Gasteiger partial charge is 0.497 e. The van der Waals surface area contributed by atoms with Crippen LogP contribution in [0.25, 0.3) is 0 Å². The molecule has 0 saturated heterocycles. The average molecular weight is 355 g/mol. The summed E-state index contributed by atoms with van der Waals surface area (Å²) in [6, 6.07) is 13.9. The predicted molar refractivity (Wildman–Crippen MR) is 95.3 cm³/mol. The molecule has 1 amide bonds. The van der Waals surface area contributed by atoms with Gasteiger partial charge in [-0.1, -0.05) is 30.3 Å². The number of carbonyl (C=O) groups is 2. The van der Waals surface area contributed by atoms with E-state index in [9.17, 15) is 9.59 Å². The second-order valence-corrected chi connectivity index (χ2v) is 6.05. The highest BCUT2D eigenvalue weighted by molar-refractivity contribution is 5.95. The van der Waals surface area contributed by atoms with E-state index < -0.39 is 12.1 Å². The first-order valence-electron chi connectivity index (χ1n) is 8.40. The fourth-order valence-corrected chi connectivity index (χ4v) is 2.54. The van der Waals surface area contributed by atoms with Crippen LogP contribution in [0.15, 0.2) is 48.5 Å². The molecule has 1 saturated carbocycles. The second kappa shape index (κ2) is 7.91. The Bertz CT molecular complexity index is 786. The molecule has 6 nitrogen and oxygen atoms in total. The molecule has 0 bridgehead atoms. The van der Waals surface area contributed by atoms with Crippen molar-refractivity contribution in [3.05, 3.63) is 59.7 Å². The molecule has 1 unspecified atom stereocenters. The highest BCUT2D eigenvalue weighted by Gasteiger charge is 2.31. The number of amides is 1. The molecule has 0 aliphatic heterocycles. The molecule has 1 N–H and O–H groups in total. The van der Waals surface area contributed by atoms with E-state index in [1.807, 2.05) is 6.07 Å². The molecule has 1 aliphatic carbocycles. The molecule has 2 aromatic carbocycles. The SMILES string of the molecule is COc1ccc(C(=O)OC(C(=O)NC2CC2)c2ccccc2)c(OC)c1. The molecule has 0 radical (unpaired) electrons. The zero-order chi connectivity index (χ0) is 18.5. The smallest absolute Gasteiger partial charge is 0.343 e. The maximum absolute atomic E-state index is 12.7. The van der Waals surface area contributed by atoms with E-state index in [1.165, 1.54) is 14.2 Å². The Hall–Kier alpha value is -3.02. The van der Waals surface area contributed by atoms with Gasteiger partial charge in [0, 0.05) is 17.7 Å². The summed E-state index contributed by atoms with van der Waals surface area (Å²) in [6.45, 7) is 0. The van der Waals surface area contributed by atoms with Crippen LogP contribution in [0.1, 0.15) is 34.9 Å². The lowest BCUT2D eigenvalue weighted by Crippen LogP contribution is -2.33. The van der Waals surface area contributed by atoms with Crippen LogP contribution in [-0.4, -0.2) is 32.1 Å². The van der Waals surface area contributed by atoms with Crippen LogP contribution in [0.5, 0.6) is 11.5 Å². The van der Waals surface area contributed by atoms with Gasteiger partial charge < -0.3 is 19.5 Å². The van der Waals surface area contributed by atoms with Crippen molar-refractivity contribution in [2.24, 2.45) is 0 Å². The fraction of sp³-hybridized carbons (Fsp3) is 0.300. The Labute approximate surface area is 152 Å². The van der Waals surface area contributed by atoms with Crippen molar-refractivity contribution >= 4 is 11.9 Å². The van der Waals surface area contributed by atoms with Crippen LogP contribution in [0, 0.1) is 0 Å². The Balaban J connectivity index is 1.84. The van der Waals surface area contributed by atoms with Gasteiger partial charge in [-0.25, -0.2) is 4.79 Å². The quantitative estimate of drug-likeness (QED) is 0.773. The van der Waals surface area contributed by atoms with Gasteiger partial charge in [-0.15, -0.1) is 0 Å². The number of benzene rings is 2. The van der Waals surface area contributed by atoms with Gasteiger partial charge in [0.15, 0.2) is 0 Å². The van der Waals surface area contributed by atoms with E-state index in [0.717, 1.165) is 12.8 Å². The number of hydrogen-bond acceptors (Lipinski definition) is 5. The normalized spacial score (nSPS) is 14.2. The van der Waals surface area contributed by atoms with Crippen LogP contribution in [-0.2, 0) is 9.53 Å². The zero-order valence-electron chi connectivity index (χ0n) is 14.7. The molecular weight excluding hydrogens is 334 g/mol. The van der Waals surface area contributed by atoms with Gasteiger partial charge in [0.05, 0.1) is 14.2 Å². The number of esters is 1. The van der Waals surface area contributed by atoms with E-state index >= 15 is 0 Å². The highest BCUT2D eigenvalue weighted by atomic mass is 16.6. The minimum atomic E-state index is -1.02. The lowest BCUT2D eigenvalue weighted by atomic mass is 10.1. The average Bonchev–Trinajstić information content (AvgIpc) is 3.49. The number of hydrogen-bond donors (Lipinski definition) is 1. The Morgan fingerprint density at radius 1 is 1.04 bits per heavy atom. The highest BCUT2D eigenvalue weighted by Crippen LogP contribution is 2.28. The minimum Gasteiger partial charge on any atom is -0.497 e. The van der Waals surface area contributed by atoms with E-state index in [-0.39, 0.29) is 17.5 Å². The monoisotopic (exact) mass is 355 g/mol. The topological polar surface area (TPSA) is 73.9 Å². The van der Waals surface area contributed by atoms with Crippen LogP contribution in [0.4, 0.5) is 0 Å². The van der Waals surface area contributed by atoms with Gasteiger partial charge in [-0.05, 0) is 25.0 Å². The molecule has 26 heavy (non-hydrogen) atoms. The van der Waals surface area contributed by atoms with Crippen LogP contribution in [0.2, 0.25) is 0 Å². The molecule has 0 spiro atoms. The zero-order valence-corrected chi connectivity index (χ0v) is 14.7. The molecule has 0 aromatic heterocycles. The maximum atomic E-state index is 12.7. The summed E-state index contributed by atoms with van der Waals surface area (Å²) in [5.74, 6) is -0.0721. The van der Waals surface area contributed by atoms with Crippen molar-refractivity contribution in [2.75, 3.05) is 14.2 Å². The van der Waals surface area contributed by atoms with Crippen molar-refractivity contribution in [3.63, 3.8) is 0 Å². The summed E-state index contributed by atoms with van der Waals surface area (Å²) < 4.78 is 15.9. The molecule has 136 valence electrons. The van der Waals surface area contributed by atoms with E-state index in [4.69, 9.17) is 14.2 Å². The van der Waals surface area contributed by atoms with Crippen molar-refractivity contribution in [3.8, 4) is 11.5 Å². The summed E-state index contributed by atoms with van der Waals surface area (Å²) in [7, 11) is 2.99. The van der Waals surface area contributed by atoms with Gasteiger partial charge in [0.25, 0.3) is 5.91 Å². The van der Waals surface area contributed by atoms with E-state index in [2.05, 4.69) is 5.32 Å². The number of rotatable bonds is 7. The third-order valence-corrected chi connectivity index (χ3v) is 4.12. The van der Waals surface area contributed by atoms with Gasteiger partial charge in [0.1, 0.15) is 17.1 Å². The van der Waals surface area contributed by atoms with Crippen LogP contribution < -0.4 is 14.8 Å². The van der Waals surface area contributed by atoms with Gasteiger partial charge >= 0.3 is 5.97 Å². The lowest BCUT2D eigenvalue weighted by molar-refractivity contribution is -0.130. The summed E-state index contributed by atoms with van der Waals surface area (Å²) in [6.07, 6.45) is 0.886. The van der Waals surface area contributed by atoms with Crippen molar-refractivity contribution in [1.82, 2.24) is 5.32 Å². The fourth-order valence-electron chi connectivity index (χ4n) is 2.54. The molecular formula is C20H21NO5. The first-order chi connectivity index (χ1) is 12.6. The molecule has 0 heterocycles. The molecule has 2 aromatic rings. The van der Waals surface area contributed by atoms with Crippen LogP contribution in [0.3, 0.4) is 0 Å². The molecule has 1 atom stereocenters. The van der Waals surface area contributed by atoms with E-state index in [1.54, 1.807) is 42.5 Å². The lowest BCUT2D eigenvalue weighted by Gasteiger charge is -2.19. The number of nitrogens with one attached hydrogen (secondary N) is 1. The third kappa shape index (κ3) is 4.14. The summed E-state index contributed by atoms with van der Waals surface area (Å²) in [4.78, 5) is 25.3. The number of methoxy groups -OCH3 is 2. The first kappa shape index (κ1) is 17.8. The minimum absolute atomic E-state index is 0.169. The first-order valence-corrected chi connectivity index (χ1v) is 8.40. The predicted octanol–water partition coefficient (Wildman–Crippen LogP) is 2.88. The summed E-state index contributed by atoms with van der Waals surface area (Å²) >= 11 is 0. The second-order valence-electron chi connectivity index (χ2n) is 6.05.